The van der Waals surface area contributed by atoms with E-state index in [9.17, 15) is 0 Å². The van der Waals surface area contributed by atoms with Crippen molar-refractivity contribution in [3.05, 3.63) is 67.0 Å². The molecule has 0 radical (unpaired) electrons. The Morgan fingerprint density at radius 1 is 1.17 bits per heavy atom. The molecule has 1 aliphatic carbocycles. The highest BCUT2D eigenvalue weighted by atomic mass is 15.1. The first-order valence-electron chi connectivity index (χ1n) is 9.00. The molecule has 1 N–H and O–H groups in total. The van der Waals surface area contributed by atoms with Crippen LogP contribution in [-0.2, 0) is 0 Å². The fourth-order valence-electron chi connectivity index (χ4n) is 1.88. The number of hydrogen-bond acceptors (Lipinski definition) is 2. The van der Waals surface area contributed by atoms with E-state index in [-0.39, 0.29) is 0 Å². The highest BCUT2D eigenvalue weighted by Gasteiger charge is 2.21. The molecule has 1 aliphatic rings. The summed E-state index contributed by atoms with van der Waals surface area (Å²) in [5.74, 6) is 0. The second-order valence-electron chi connectivity index (χ2n) is 5.16. The predicted molar refractivity (Wildman–Crippen MR) is 113 cm³/mol. The molecule has 136 valence electrons. The van der Waals surface area contributed by atoms with Gasteiger partial charge in [-0.25, -0.2) is 0 Å². The van der Waals surface area contributed by atoms with Crippen LogP contribution in [0, 0.1) is 6.92 Å². The fourth-order valence-corrected chi connectivity index (χ4v) is 1.88. The zero-order valence-corrected chi connectivity index (χ0v) is 16.9. The molecule has 1 saturated carbocycles. The van der Waals surface area contributed by atoms with Crippen LogP contribution in [0.1, 0.15) is 53.0 Å². The molecule has 1 fully saturated rings. The maximum atomic E-state index is 4.09. The van der Waals surface area contributed by atoms with Gasteiger partial charge >= 0.3 is 0 Å². The number of hydrogen-bond donors (Lipinski definition) is 1. The summed E-state index contributed by atoms with van der Waals surface area (Å²) in [6, 6.07) is 9.16. The first-order valence-corrected chi connectivity index (χ1v) is 9.00. The van der Waals surface area contributed by atoms with Gasteiger partial charge in [-0.3, -0.25) is 0 Å². The average Bonchev–Trinajstić information content (AvgIpc) is 3.44. The second-order valence-corrected chi connectivity index (χ2v) is 5.16. The van der Waals surface area contributed by atoms with Crippen LogP contribution in [0.25, 0.3) is 0 Å². The lowest BCUT2D eigenvalue weighted by Gasteiger charge is -2.17. The van der Waals surface area contributed by atoms with Crippen molar-refractivity contribution < 1.29 is 0 Å². The molecule has 1 aromatic rings. The van der Waals surface area contributed by atoms with Crippen LogP contribution in [0.15, 0.2) is 61.5 Å². The van der Waals surface area contributed by atoms with E-state index in [2.05, 4.69) is 81.3 Å². The van der Waals surface area contributed by atoms with Crippen LogP contribution in [-0.4, -0.2) is 13.1 Å². The topological polar surface area (TPSA) is 15.3 Å². The summed E-state index contributed by atoms with van der Waals surface area (Å²) in [7, 11) is 2.07. The van der Waals surface area contributed by atoms with Crippen molar-refractivity contribution in [1.29, 1.82) is 0 Å². The smallest absolute Gasteiger partial charge is 0.0406 e. The molecule has 0 amide bonds. The van der Waals surface area contributed by atoms with Crippen molar-refractivity contribution in [2.75, 3.05) is 11.9 Å². The van der Waals surface area contributed by atoms with Gasteiger partial charge in [-0.05, 0) is 50.0 Å². The third-order valence-corrected chi connectivity index (χ3v) is 3.23. The fraction of sp³-hybridized carbons (Fsp3) is 0.455. The Labute approximate surface area is 151 Å². The monoisotopic (exact) mass is 330 g/mol. The van der Waals surface area contributed by atoms with E-state index in [0.29, 0.717) is 6.04 Å². The summed E-state index contributed by atoms with van der Waals surface area (Å²) in [6.07, 6.45) is 4.69. The van der Waals surface area contributed by atoms with Gasteiger partial charge in [0, 0.05) is 30.7 Å². The third kappa shape index (κ3) is 9.94. The third-order valence-electron chi connectivity index (χ3n) is 3.23. The van der Waals surface area contributed by atoms with Crippen molar-refractivity contribution in [3.63, 3.8) is 0 Å². The zero-order chi connectivity index (χ0) is 19.1. The van der Waals surface area contributed by atoms with E-state index in [1.165, 1.54) is 29.7 Å². The molecule has 0 spiro atoms. The minimum absolute atomic E-state index is 0.658. The van der Waals surface area contributed by atoms with Gasteiger partial charge in [-0.1, -0.05) is 46.4 Å². The quantitative estimate of drug-likeness (QED) is 0.492. The van der Waals surface area contributed by atoms with Crippen molar-refractivity contribution in [2.45, 2.75) is 60.4 Å². The van der Waals surface area contributed by atoms with Crippen molar-refractivity contribution in [1.82, 2.24) is 5.32 Å². The SMILES string of the molecule is C=C.C=C(NC1CC1)/C(C)=C/N(C)c1cccc(C)c1.CC.CC. The van der Waals surface area contributed by atoms with E-state index < -0.39 is 0 Å². The number of rotatable bonds is 5. The van der Waals surface area contributed by atoms with E-state index in [0.717, 1.165) is 5.70 Å². The van der Waals surface area contributed by atoms with E-state index in [1.54, 1.807) is 0 Å². The molecule has 1 aromatic carbocycles. The van der Waals surface area contributed by atoms with Crippen LogP contribution in [0.4, 0.5) is 5.69 Å². The predicted octanol–water partition coefficient (Wildman–Crippen LogP) is 6.46. The Morgan fingerprint density at radius 2 is 1.71 bits per heavy atom. The molecule has 0 atom stereocenters. The van der Waals surface area contributed by atoms with Gasteiger partial charge < -0.3 is 10.2 Å². The molecule has 0 bridgehead atoms. The van der Waals surface area contributed by atoms with Crippen molar-refractivity contribution in [3.8, 4) is 0 Å². The number of allylic oxidation sites excluding steroid dienone is 1. The Kier molecular flexibility index (Phi) is 14.8. The minimum atomic E-state index is 0.658. The van der Waals surface area contributed by atoms with Gasteiger partial charge in [0.2, 0.25) is 0 Å². The van der Waals surface area contributed by atoms with E-state index in [4.69, 9.17) is 0 Å². The van der Waals surface area contributed by atoms with Gasteiger partial charge in [0.25, 0.3) is 0 Å². The molecular formula is C22H38N2. The molecule has 2 rings (SSSR count). The Bertz CT molecular complexity index is 484. The maximum absolute atomic E-state index is 4.09. The summed E-state index contributed by atoms with van der Waals surface area (Å²) >= 11 is 0. The number of benzene rings is 1. The summed E-state index contributed by atoms with van der Waals surface area (Å²) in [5.41, 5.74) is 4.71. The van der Waals surface area contributed by atoms with Crippen LogP contribution in [0.3, 0.4) is 0 Å². The number of anilines is 1. The molecule has 2 nitrogen and oxygen atoms in total. The molecular weight excluding hydrogens is 292 g/mol. The minimum Gasteiger partial charge on any atom is -0.383 e. The highest BCUT2D eigenvalue weighted by molar-refractivity contribution is 5.51. The first-order chi connectivity index (χ1) is 11.6. The van der Waals surface area contributed by atoms with Crippen LogP contribution < -0.4 is 10.2 Å². The lowest BCUT2D eigenvalue weighted by Crippen LogP contribution is -2.17. The number of nitrogens with zero attached hydrogens (tertiary/aromatic N) is 1. The van der Waals surface area contributed by atoms with Crippen molar-refractivity contribution >= 4 is 5.69 Å². The Morgan fingerprint density at radius 3 is 2.17 bits per heavy atom. The Hall–Kier alpha value is -1.96. The van der Waals surface area contributed by atoms with Gasteiger partial charge in [-0.2, -0.15) is 0 Å². The van der Waals surface area contributed by atoms with Gasteiger partial charge in [0.1, 0.15) is 0 Å². The molecule has 0 saturated heterocycles. The molecule has 0 aliphatic heterocycles. The van der Waals surface area contributed by atoms with E-state index >= 15 is 0 Å². The lowest BCUT2D eigenvalue weighted by molar-refractivity contribution is 0.814. The van der Waals surface area contributed by atoms with Gasteiger partial charge in [-0.15, -0.1) is 13.2 Å². The standard InChI is InChI=1S/C16H22N2.2C2H6.C2H4/c1-12-6-5-7-16(10-12)18(4)11-13(2)14(3)17-15-8-9-15;3*1-2/h5-7,10-11,15,17H,3,8-9H2,1-2,4H3;2*1-2H3;1-2H2/b13-11+;;;. The molecule has 24 heavy (non-hydrogen) atoms. The van der Waals surface area contributed by atoms with Crippen molar-refractivity contribution in [2.24, 2.45) is 0 Å². The highest BCUT2D eigenvalue weighted by Crippen LogP contribution is 2.22. The van der Waals surface area contributed by atoms with Gasteiger partial charge in [0.15, 0.2) is 0 Å². The first kappa shape index (κ1) is 24.3. The second kappa shape index (κ2) is 14.6. The summed E-state index contributed by atoms with van der Waals surface area (Å²) in [5, 5.41) is 3.43. The Balaban J connectivity index is 0. The molecule has 0 heterocycles. The average molecular weight is 331 g/mol. The largest absolute Gasteiger partial charge is 0.383 e. The van der Waals surface area contributed by atoms with Crippen LogP contribution in [0.2, 0.25) is 0 Å². The van der Waals surface area contributed by atoms with Crippen LogP contribution in [0.5, 0.6) is 0 Å². The van der Waals surface area contributed by atoms with Gasteiger partial charge in [0.05, 0.1) is 0 Å². The number of aryl methyl sites for hydroxylation is 1. The summed E-state index contributed by atoms with van der Waals surface area (Å²) in [4.78, 5) is 2.14. The summed E-state index contributed by atoms with van der Waals surface area (Å²) < 4.78 is 0. The lowest BCUT2D eigenvalue weighted by atomic mass is 10.2. The molecule has 0 unspecified atom stereocenters. The normalized spacial score (nSPS) is 12.2. The van der Waals surface area contributed by atoms with E-state index in [1.807, 2.05) is 27.7 Å². The molecule has 0 aromatic heterocycles. The molecule has 2 heteroatoms. The zero-order valence-electron chi connectivity index (χ0n) is 16.9. The number of nitrogens with one attached hydrogen (secondary N) is 1. The maximum Gasteiger partial charge on any atom is 0.0406 e. The van der Waals surface area contributed by atoms with Crippen LogP contribution >= 0.6 is 0 Å². The summed E-state index contributed by atoms with van der Waals surface area (Å²) in [6.45, 7) is 22.3.